The van der Waals surface area contributed by atoms with E-state index in [1.54, 1.807) is 12.1 Å². The van der Waals surface area contributed by atoms with Gasteiger partial charge in [-0.15, -0.1) is 0 Å². The monoisotopic (exact) mass is 395 g/mol. The second kappa shape index (κ2) is 7.51. The molecule has 0 radical (unpaired) electrons. The molecule has 18 heavy (non-hydrogen) atoms. The molecule has 2 nitrogen and oxygen atoms in total. The Morgan fingerprint density at radius 3 is 2.67 bits per heavy atom. The Morgan fingerprint density at radius 2 is 2.11 bits per heavy atom. The van der Waals surface area contributed by atoms with Crippen LogP contribution < -0.4 is 5.32 Å². The maximum atomic E-state index is 12.2. The van der Waals surface area contributed by atoms with Crippen molar-refractivity contribution in [1.29, 1.82) is 0 Å². The van der Waals surface area contributed by atoms with E-state index in [9.17, 15) is 4.79 Å². The molecule has 1 aromatic rings. The van der Waals surface area contributed by atoms with Gasteiger partial charge in [0, 0.05) is 15.8 Å². The summed E-state index contributed by atoms with van der Waals surface area (Å²) in [7, 11) is 0. The van der Waals surface area contributed by atoms with Crippen molar-refractivity contribution in [2.45, 2.75) is 26.3 Å². The van der Waals surface area contributed by atoms with Crippen molar-refractivity contribution in [3.63, 3.8) is 0 Å². The van der Waals surface area contributed by atoms with E-state index in [0.29, 0.717) is 16.5 Å². The summed E-state index contributed by atoms with van der Waals surface area (Å²) in [5.74, 6) is 0.262. The van der Waals surface area contributed by atoms with Crippen LogP contribution in [0.3, 0.4) is 0 Å². The van der Waals surface area contributed by atoms with E-state index in [4.69, 9.17) is 11.6 Å². The zero-order valence-corrected chi connectivity index (χ0v) is 14.3. The van der Waals surface area contributed by atoms with Crippen molar-refractivity contribution >= 4 is 49.4 Å². The van der Waals surface area contributed by atoms with Crippen LogP contribution in [-0.4, -0.2) is 17.3 Å². The molecule has 100 valence electrons. The minimum Gasteiger partial charge on any atom is -0.349 e. The Hall–Kier alpha value is -0.0600. The number of carbonyl (C=O) groups is 1. The van der Waals surface area contributed by atoms with Gasteiger partial charge in [0.25, 0.3) is 5.91 Å². The van der Waals surface area contributed by atoms with Gasteiger partial charge in [-0.1, -0.05) is 57.3 Å². The van der Waals surface area contributed by atoms with E-state index in [1.807, 2.05) is 6.07 Å². The molecule has 0 aliphatic heterocycles. The predicted molar refractivity (Wildman–Crippen MR) is 83.7 cm³/mol. The van der Waals surface area contributed by atoms with Gasteiger partial charge in [-0.3, -0.25) is 4.79 Å². The molecule has 1 atom stereocenters. The topological polar surface area (TPSA) is 29.1 Å². The molecule has 1 rings (SSSR count). The molecule has 0 heterocycles. The molecule has 1 N–H and O–H groups in total. The van der Waals surface area contributed by atoms with E-state index in [2.05, 4.69) is 51.0 Å². The number of halogens is 3. The summed E-state index contributed by atoms with van der Waals surface area (Å²) in [5, 5.41) is 4.36. The van der Waals surface area contributed by atoms with Crippen molar-refractivity contribution in [2.75, 3.05) is 5.33 Å². The fourth-order valence-electron chi connectivity index (χ4n) is 1.61. The van der Waals surface area contributed by atoms with Crippen LogP contribution in [0.4, 0.5) is 0 Å². The number of nitrogens with one attached hydrogen (secondary N) is 1. The molecule has 0 saturated heterocycles. The van der Waals surface area contributed by atoms with Gasteiger partial charge in [-0.25, -0.2) is 0 Å². The SMILES string of the molecule is CC(C)C(CCBr)NC(=O)c1cc(Br)ccc1Cl. The first-order valence-electron chi connectivity index (χ1n) is 5.77. The average Bonchev–Trinajstić information content (AvgIpc) is 2.31. The van der Waals surface area contributed by atoms with E-state index in [-0.39, 0.29) is 11.9 Å². The number of benzene rings is 1. The fourth-order valence-corrected chi connectivity index (χ4v) is 2.67. The van der Waals surface area contributed by atoms with E-state index >= 15 is 0 Å². The molecule has 0 fully saturated rings. The quantitative estimate of drug-likeness (QED) is 0.721. The summed E-state index contributed by atoms with van der Waals surface area (Å²) in [6.45, 7) is 4.19. The lowest BCUT2D eigenvalue weighted by atomic mass is 10.0. The van der Waals surface area contributed by atoms with Gasteiger partial charge >= 0.3 is 0 Å². The molecule has 0 aliphatic carbocycles. The van der Waals surface area contributed by atoms with Gasteiger partial charge in [0.15, 0.2) is 0 Å². The van der Waals surface area contributed by atoms with Crippen LogP contribution in [0.1, 0.15) is 30.6 Å². The Labute approximate surface area is 130 Å². The Bertz CT molecular complexity index is 423. The Morgan fingerprint density at radius 1 is 1.44 bits per heavy atom. The second-order valence-corrected chi connectivity index (χ2v) is 6.54. The number of hydrogen-bond acceptors (Lipinski definition) is 1. The van der Waals surface area contributed by atoms with Crippen molar-refractivity contribution in [1.82, 2.24) is 5.32 Å². The lowest BCUT2D eigenvalue weighted by Crippen LogP contribution is -2.38. The van der Waals surface area contributed by atoms with Crippen LogP contribution in [-0.2, 0) is 0 Å². The molecule has 0 aliphatic rings. The number of rotatable bonds is 5. The summed E-state index contributed by atoms with van der Waals surface area (Å²) in [5.41, 5.74) is 0.506. The van der Waals surface area contributed by atoms with Crippen LogP contribution in [0, 0.1) is 5.92 Å². The molecule has 5 heteroatoms. The summed E-state index contributed by atoms with van der Waals surface area (Å²) in [6.07, 6.45) is 0.898. The molecule has 1 aromatic carbocycles. The van der Waals surface area contributed by atoms with Crippen LogP contribution in [0.2, 0.25) is 5.02 Å². The molecule has 1 unspecified atom stereocenters. The third-order valence-electron chi connectivity index (χ3n) is 2.71. The minimum absolute atomic E-state index is 0.124. The van der Waals surface area contributed by atoms with Crippen molar-refractivity contribution in [2.24, 2.45) is 5.92 Å². The Kier molecular flexibility index (Phi) is 6.67. The standard InChI is InChI=1S/C13H16Br2ClNO/c1-8(2)12(5-6-14)17-13(18)10-7-9(15)3-4-11(10)16/h3-4,7-8,12H,5-6H2,1-2H3,(H,17,18). The zero-order chi connectivity index (χ0) is 13.7. The first kappa shape index (κ1) is 16.0. The second-order valence-electron chi connectivity index (χ2n) is 4.43. The predicted octanol–water partition coefficient (Wildman–Crippen LogP) is 4.64. The van der Waals surface area contributed by atoms with Crippen molar-refractivity contribution in [3.05, 3.63) is 33.3 Å². The summed E-state index contributed by atoms with van der Waals surface area (Å²) < 4.78 is 0.846. The Balaban J connectivity index is 2.83. The fraction of sp³-hybridized carbons (Fsp3) is 0.462. The van der Waals surface area contributed by atoms with Gasteiger partial charge in [0.1, 0.15) is 0 Å². The molecule has 0 spiro atoms. The highest BCUT2D eigenvalue weighted by Gasteiger charge is 2.18. The van der Waals surface area contributed by atoms with E-state index < -0.39 is 0 Å². The lowest BCUT2D eigenvalue weighted by Gasteiger charge is -2.21. The van der Waals surface area contributed by atoms with Gasteiger partial charge in [0.05, 0.1) is 10.6 Å². The summed E-state index contributed by atoms with van der Waals surface area (Å²) >= 11 is 12.8. The molecule has 0 bridgehead atoms. The van der Waals surface area contributed by atoms with Crippen LogP contribution >= 0.6 is 43.5 Å². The summed E-state index contributed by atoms with van der Waals surface area (Å²) in [6, 6.07) is 5.42. The third kappa shape index (κ3) is 4.56. The molecule has 0 aromatic heterocycles. The highest BCUT2D eigenvalue weighted by atomic mass is 79.9. The number of alkyl halides is 1. The number of amides is 1. The van der Waals surface area contributed by atoms with Crippen LogP contribution in [0.15, 0.2) is 22.7 Å². The number of hydrogen-bond donors (Lipinski definition) is 1. The van der Waals surface area contributed by atoms with Gasteiger partial charge in [-0.2, -0.15) is 0 Å². The van der Waals surface area contributed by atoms with Crippen molar-refractivity contribution < 1.29 is 4.79 Å². The highest BCUT2D eigenvalue weighted by Crippen LogP contribution is 2.21. The smallest absolute Gasteiger partial charge is 0.253 e. The lowest BCUT2D eigenvalue weighted by molar-refractivity contribution is 0.0925. The van der Waals surface area contributed by atoms with Gasteiger partial charge in [0.2, 0.25) is 0 Å². The largest absolute Gasteiger partial charge is 0.349 e. The van der Waals surface area contributed by atoms with E-state index in [0.717, 1.165) is 16.2 Å². The average molecular weight is 398 g/mol. The first-order valence-corrected chi connectivity index (χ1v) is 8.06. The minimum atomic E-state index is -0.124. The maximum Gasteiger partial charge on any atom is 0.253 e. The first-order chi connectivity index (χ1) is 8.45. The number of carbonyl (C=O) groups excluding carboxylic acids is 1. The molecule has 1 amide bonds. The third-order valence-corrected chi connectivity index (χ3v) is 4.00. The zero-order valence-electron chi connectivity index (χ0n) is 10.3. The van der Waals surface area contributed by atoms with Gasteiger partial charge < -0.3 is 5.32 Å². The molecular weight excluding hydrogens is 381 g/mol. The highest BCUT2D eigenvalue weighted by molar-refractivity contribution is 9.10. The van der Waals surface area contributed by atoms with Crippen LogP contribution in [0.25, 0.3) is 0 Å². The summed E-state index contributed by atoms with van der Waals surface area (Å²) in [4.78, 5) is 12.2. The maximum absolute atomic E-state index is 12.2. The van der Waals surface area contributed by atoms with E-state index in [1.165, 1.54) is 0 Å². The normalized spacial score (nSPS) is 12.6. The molecular formula is C13H16Br2ClNO. The van der Waals surface area contributed by atoms with Crippen LogP contribution in [0.5, 0.6) is 0 Å². The molecule has 0 saturated carbocycles. The van der Waals surface area contributed by atoms with Gasteiger partial charge in [-0.05, 0) is 30.5 Å². The van der Waals surface area contributed by atoms with Crippen molar-refractivity contribution in [3.8, 4) is 0 Å².